The first-order valence-corrected chi connectivity index (χ1v) is 7.79. The lowest BCUT2D eigenvalue weighted by Crippen LogP contribution is -2.08. The molecule has 2 N–H and O–H groups in total. The van der Waals surface area contributed by atoms with E-state index in [0.29, 0.717) is 17.8 Å². The number of methoxy groups -OCH3 is 2. The van der Waals surface area contributed by atoms with E-state index in [2.05, 4.69) is 15.0 Å². The number of nitrogens with one attached hydrogen (secondary N) is 2. The molecule has 0 aliphatic heterocycles. The normalized spacial score (nSPS) is 10.5. The molecule has 0 amide bonds. The maximum atomic E-state index is 11.2. The fraction of sp³-hybridized carbons (Fsp3) is 0.167. The van der Waals surface area contributed by atoms with Crippen molar-refractivity contribution >= 4 is 29.0 Å². The van der Waals surface area contributed by atoms with Gasteiger partial charge in [-0.25, -0.2) is 9.78 Å². The number of hydrogen-bond acceptors (Lipinski definition) is 6. The van der Waals surface area contributed by atoms with Crippen LogP contribution in [0.3, 0.4) is 0 Å². The molecule has 1 aromatic heterocycles. The zero-order chi connectivity index (χ0) is 18.2. The average molecular weight is 360 g/mol. The fourth-order valence-electron chi connectivity index (χ4n) is 2.08. The Hall–Kier alpha value is -2.86. The van der Waals surface area contributed by atoms with Gasteiger partial charge >= 0.3 is 5.97 Å². The van der Waals surface area contributed by atoms with Gasteiger partial charge in [0.25, 0.3) is 0 Å². The van der Waals surface area contributed by atoms with Crippen LogP contribution in [0.5, 0.6) is 5.75 Å². The van der Waals surface area contributed by atoms with E-state index in [0.717, 1.165) is 11.3 Å². The number of carbonyl (C=O) groups excluding carboxylic acids is 1. The number of aromatic nitrogens is 1. The molecular weight excluding hydrogens is 342 g/mol. The van der Waals surface area contributed by atoms with Crippen molar-refractivity contribution in [1.82, 2.24) is 4.98 Å². The molecule has 0 unspecified atom stereocenters. The van der Waals surface area contributed by atoms with Crippen LogP contribution in [-0.2, 0) is 16.1 Å². The topological polar surface area (TPSA) is 84.3 Å². The van der Waals surface area contributed by atoms with E-state index >= 15 is 0 Å². The highest BCUT2D eigenvalue weighted by Gasteiger charge is 2.12. The Labute approximate surface area is 151 Å². The number of hydrogen-bond donors (Lipinski definition) is 2. The maximum absolute atomic E-state index is 11.2. The molecule has 0 fully saturated rings. The van der Waals surface area contributed by atoms with E-state index in [-0.39, 0.29) is 10.9 Å². The third kappa shape index (κ3) is 5.06. The Morgan fingerprint density at radius 2 is 1.96 bits per heavy atom. The molecule has 2 rings (SSSR count). The number of anilines is 1. The summed E-state index contributed by atoms with van der Waals surface area (Å²) in [5, 5.41) is 11.6. The number of esters is 1. The summed E-state index contributed by atoms with van der Waals surface area (Å²) in [5.41, 5.74) is 2.16. The summed E-state index contributed by atoms with van der Waals surface area (Å²) in [6.07, 6.45) is 4.05. The third-order valence-corrected chi connectivity index (χ3v) is 3.69. The zero-order valence-corrected chi connectivity index (χ0v) is 14.6. The van der Waals surface area contributed by atoms with Gasteiger partial charge < -0.3 is 20.2 Å². The van der Waals surface area contributed by atoms with Crippen LogP contribution in [-0.4, -0.2) is 30.9 Å². The standard InChI is InChI=1S/C18H18ClN3O3/c1-24-13-5-3-12(4-6-13)11-22-15-9-10-21-18(19)17(15)14(20)7-8-16(23)25-2/h3-10,20H,11H2,1-2H3,(H,21,22)/b8-7+,20-14?. The number of carbonyl (C=O) groups is 1. The van der Waals surface area contributed by atoms with Crippen LogP contribution in [0.2, 0.25) is 5.15 Å². The quantitative estimate of drug-likeness (QED) is 0.342. The molecule has 0 bridgehead atoms. The van der Waals surface area contributed by atoms with Crippen LogP contribution in [0.4, 0.5) is 5.69 Å². The van der Waals surface area contributed by atoms with E-state index in [9.17, 15) is 4.79 Å². The van der Waals surface area contributed by atoms with Gasteiger partial charge in [0.1, 0.15) is 10.9 Å². The van der Waals surface area contributed by atoms with Gasteiger partial charge in [0, 0.05) is 24.5 Å². The minimum Gasteiger partial charge on any atom is -0.497 e. The van der Waals surface area contributed by atoms with Gasteiger partial charge in [-0.2, -0.15) is 0 Å². The van der Waals surface area contributed by atoms with Crippen LogP contribution in [0.15, 0.2) is 48.7 Å². The van der Waals surface area contributed by atoms with Gasteiger partial charge in [0.2, 0.25) is 0 Å². The Balaban J connectivity index is 2.17. The van der Waals surface area contributed by atoms with Crippen LogP contribution in [0.1, 0.15) is 11.1 Å². The van der Waals surface area contributed by atoms with E-state index < -0.39 is 5.97 Å². The minimum absolute atomic E-state index is 0.0562. The first-order valence-electron chi connectivity index (χ1n) is 7.41. The van der Waals surface area contributed by atoms with Crippen LogP contribution >= 0.6 is 11.6 Å². The highest BCUT2D eigenvalue weighted by molar-refractivity contribution is 6.34. The Bertz CT molecular complexity index is 789. The lowest BCUT2D eigenvalue weighted by molar-refractivity contribution is -0.134. The number of halogens is 1. The lowest BCUT2D eigenvalue weighted by atomic mass is 10.1. The molecular formula is C18H18ClN3O3. The number of nitrogens with zero attached hydrogens (tertiary/aromatic N) is 1. The highest BCUT2D eigenvalue weighted by Crippen LogP contribution is 2.24. The van der Waals surface area contributed by atoms with Crippen LogP contribution in [0, 0.1) is 5.41 Å². The van der Waals surface area contributed by atoms with Gasteiger partial charge in [0.05, 0.1) is 25.5 Å². The van der Waals surface area contributed by atoms with Crippen molar-refractivity contribution in [1.29, 1.82) is 5.41 Å². The van der Waals surface area contributed by atoms with Crippen molar-refractivity contribution in [2.24, 2.45) is 0 Å². The Morgan fingerprint density at radius 1 is 1.24 bits per heavy atom. The van der Waals surface area contributed by atoms with Gasteiger partial charge in [-0.15, -0.1) is 0 Å². The number of benzene rings is 1. The Morgan fingerprint density at radius 3 is 2.60 bits per heavy atom. The predicted molar refractivity (Wildman–Crippen MR) is 97.6 cm³/mol. The molecule has 0 atom stereocenters. The molecule has 25 heavy (non-hydrogen) atoms. The van der Waals surface area contributed by atoms with Gasteiger partial charge in [-0.3, -0.25) is 0 Å². The van der Waals surface area contributed by atoms with Crippen LogP contribution in [0.25, 0.3) is 0 Å². The average Bonchev–Trinajstić information content (AvgIpc) is 2.64. The molecule has 0 saturated heterocycles. The molecule has 0 aliphatic rings. The minimum atomic E-state index is -0.544. The number of pyridine rings is 1. The summed E-state index contributed by atoms with van der Waals surface area (Å²) in [6.45, 7) is 0.533. The van der Waals surface area contributed by atoms with Gasteiger partial charge in [-0.1, -0.05) is 23.7 Å². The summed E-state index contributed by atoms with van der Waals surface area (Å²) in [4.78, 5) is 15.2. The molecule has 0 saturated carbocycles. The smallest absolute Gasteiger partial charge is 0.330 e. The molecule has 1 heterocycles. The van der Waals surface area contributed by atoms with Crippen LogP contribution < -0.4 is 10.1 Å². The Kier molecular flexibility index (Phi) is 6.54. The van der Waals surface area contributed by atoms with E-state index in [1.165, 1.54) is 19.3 Å². The molecule has 6 nitrogen and oxygen atoms in total. The SMILES string of the molecule is COC(=O)/C=C/C(=N)c1c(NCc2ccc(OC)cc2)ccnc1Cl. The van der Waals surface area contributed by atoms with Crippen molar-refractivity contribution in [3.05, 3.63) is 65.0 Å². The molecule has 0 radical (unpaired) electrons. The molecule has 0 aliphatic carbocycles. The summed E-state index contributed by atoms with van der Waals surface area (Å²) in [7, 11) is 2.89. The van der Waals surface area contributed by atoms with Crippen molar-refractivity contribution in [3.8, 4) is 5.75 Å². The molecule has 2 aromatic rings. The summed E-state index contributed by atoms with van der Waals surface area (Å²) < 4.78 is 9.66. The lowest BCUT2D eigenvalue weighted by Gasteiger charge is -2.13. The van der Waals surface area contributed by atoms with Crippen molar-refractivity contribution in [2.75, 3.05) is 19.5 Å². The molecule has 130 valence electrons. The molecule has 0 spiro atoms. The number of allylic oxidation sites excluding steroid dienone is 1. The molecule has 1 aromatic carbocycles. The van der Waals surface area contributed by atoms with Gasteiger partial charge in [-0.05, 0) is 29.8 Å². The largest absolute Gasteiger partial charge is 0.497 e. The fourth-order valence-corrected chi connectivity index (χ4v) is 2.34. The van der Waals surface area contributed by atoms with E-state index in [1.807, 2.05) is 24.3 Å². The zero-order valence-electron chi connectivity index (χ0n) is 13.9. The third-order valence-electron chi connectivity index (χ3n) is 3.40. The van der Waals surface area contributed by atoms with Gasteiger partial charge in [0.15, 0.2) is 0 Å². The number of ether oxygens (including phenoxy) is 2. The first-order chi connectivity index (χ1) is 12.0. The van der Waals surface area contributed by atoms with Crippen molar-refractivity contribution in [2.45, 2.75) is 6.54 Å². The summed E-state index contributed by atoms with van der Waals surface area (Å²) >= 11 is 6.14. The summed E-state index contributed by atoms with van der Waals surface area (Å²) in [5.74, 6) is 0.239. The summed E-state index contributed by atoms with van der Waals surface area (Å²) in [6, 6.07) is 9.36. The second-order valence-corrected chi connectivity index (χ2v) is 5.35. The van der Waals surface area contributed by atoms with Crippen molar-refractivity contribution in [3.63, 3.8) is 0 Å². The predicted octanol–water partition coefficient (Wildman–Crippen LogP) is 3.45. The second-order valence-electron chi connectivity index (χ2n) is 5.00. The number of rotatable bonds is 7. The second kappa shape index (κ2) is 8.84. The van der Waals surface area contributed by atoms with Crippen molar-refractivity contribution < 1.29 is 14.3 Å². The molecule has 7 heteroatoms. The first kappa shape index (κ1) is 18.5. The maximum Gasteiger partial charge on any atom is 0.330 e. The monoisotopic (exact) mass is 359 g/mol. The highest BCUT2D eigenvalue weighted by atomic mass is 35.5. The van der Waals surface area contributed by atoms with E-state index in [4.69, 9.17) is 21.7 Å². The van der Waals surface area contributed by atoms with E-state index in [1.54, 1.807) is 19.4 Å².